The molecule has 1 aromatic heterocycles. The average Bonchev–Trinajstić information content (AvgIpc) is 2.80. The third-order valence-corrected chi connectivity index (χ3v) is 2.72. The molecule has 1 atom stereocenters. The zero-order valence-electron chi connectivity index (χ0n) is 10.8. The van der Waals surface area contributed by atoms with Gasteiger partial charge in [-0.25, -0.2) is 0 Å². The van der Waals surface area contributed by atoms with Gasteiger partial charge in [0.15, 0.2) is 5.82 Å². The monoisotopic (exact) mass is 285 g/mol. The summed E-state index contributed by atoms with van der Waals surface area (Å²) in [6.07, 6.45) is -4.10. The van der Waals surface area contributed by atoms with Gasteiger partial charge in [-0.3, -0.25) is 0 Å². The Morgan fingerprint density at radius 3 is 2.50 bits per heavy atom. The molecule has 0 aliphatic heterocycles. The quantitative estimate of drug-likeness (QED) is 0.917. The van der Waals surface area contributed by atoms with Gasteiger partial charge < -0.3 is 9.84 Å². The highest BCUT2D eigenvalue weighted by atomic mass is 19.4. The van der Waals surface area contributed by atoms with E-state index in [1.807, 2.05) is 0 Å². The summed E-state index contributed by atoms with van der Waals surface area (Å²) in [4.78, 5) is 3.94. The summed E-state index contributed by atoms with van der Waals surface area (Å²) in [6.45, 7) is 1.75. The Labute approximate surface area is 114 Å². The third kappa shape index (κ3) is 3.80. The second kappa shape index (κ2) is 6.04. The minimum absolute atomic E-state index is 0.0979. The number of aryl methyl sites for hydroxylation is 1. The van der Waals surface area contributed by atoms with Gasteiger partial charge in [0.05, 0.1) is 0 Å². The van der Waals surface area contributed by atoms with E-state index in [-0.39, 0.29) is 18.5 Å². The van der Waals surface area contributed by atoms with Crippen LogP contribution < -0.4 is 5.32 Å². The zero-order valence-corrected chi connectivity index (χ0v) is 10.8. The van der Waals surface area contributed by atoms with E-state index in [0.717, 1.165) is 0 Å². The normalized spacial score (nSPS) is 13.4. The van der Waals surface area contributed by atoms with Gasteiger partial charge in [0.25, 0.3) is 0 Å². The van der Waals surface area contributed by atoms with E-state index >= 15 is 0 Å². The van der Waals surface area contributed by atoms with E-state index in [4.69, 9.17) is 4.52 Å². The lowest BCUT2D eigenvalue weighted by molar-refractivity contribution is -0.157. The topological polar surface area (TPSA) is 51.0 Å². The average molecular weight is 285 g/mol. The predicted octanol–water partition coefficient (Wildman–Crippen LogP) is 2.81. The summed E-state index contributed by atoms with van der Waals surface area (Å²) in [5.41, 5.74) is 0.182. The van der Waals surface area contributed by atoms with E-state index in [0.29, 0.717) is 11.7 Å². The molecule has 2 rings (SSSR count). The maximum atomic E-state index is 13.0. The van der Waals surface area contributed by atoms with Gasteiger partial charge in [0.2, 0.25) is 5.89 Å². The molecule has 1 unspecified atom stereocenters. The molecular weight excluding hydrogens is 271 g/mol. The Morgan fingerprint density at radius 1 is 1.25 bits per heavy atom. The van der Waals surface area contributed by atoms with Crippen LogP contribution in [0.2, 0.25) is 0 Å². The minimum Gasteiger partial charge on any atom is -0.339 e. The SMILES string of the molecule is Cc1noc(CCNC(c2ccccc2)C(F)(F)F)n1. The summed E-state index contributed by atoms with van der Waals surface area (Å²) < 4.78 is 43.9. The van der Waals surface area contributed by atoms with Crippen LogP contribution in [0.5, 0.6) is 0 Å². The van der Waals surface area contributed by atoms with Crippen LogP contribution in [0.25, 0.3) is 0 Å². The molecule has 0 radical (unpaired) electrons. The van der Waals surface area contributed by atoms with Gasteiger partial charge >= 0.3 is 6.18 Å². The summed E-state index contributed by atoms with van der Waals surface area (Å²) in [5, 5.41) is 6.07. The van der Waals surface area contributed by atoms with E-state index in [2.05, 4.69) is 15.5 Å². The fraction of sp³-hybridized carbons (Fsp3) is 0.385. The summed E-state index contributed by atoms with van der Waals surface area (Å²) in [7, 11) is 0. The van der Waals surface area contributed by atoms with Crippen molar-refractivity contribution in [1.29, 1.82) is 0 Å². The molecule has 0 aliphatic carbocycles. The summed E-state index contributed by atoms with van der Waals surface area (Å²) in [5.74, 6) is 0.791. The van der Waals surface area contributed by atoms with Crippen molar-refractivity contribution in [1.82, 2.24) is 15.5 Å². The number of halogens is 3. The van der Waals surface area contributed by atoms with Crippen LogP contribution in [0.1, 0.15) is 23.3 Å². The summed E-state index contributed by atoms with van der Waals surface area (Å²) in [6, 6.07) is 6.03. The first-order valence-corrected chi connectivity index (χ1v) is 6.11. The van der Waals surface area contributed by atoms with Crippen LogP contribution in [0.4, 0.5) is 13.2 Å². The van der Waals surface area contributed by atoms with Gasteiger partial charge in [-0.1, -0.05) is 35.5 Å². The second-order valence-electron chi connectivity index (χ2n) is 4.32. The maximum Gasteiger partial charge on any atom is 0.407 e. The number of aromatic nitrogens is 2. The Morgan fingerprint density at radius 2 is 1.95 bits per heavy atom. The van der Waals surface area contributed by atoms with Crippen LogP contribution in [-0.2, 0) is 6.42 Å². The fourth-order valence-electron chi connectivity index (χ4n) is 1.83. The van der Waals surface area contributed by atoms with Crippen molar-refractivity contribution >= 4 is 0 Å². The Bertz CT molecular complexity index is 539. The molecular formula is C13H14F3N3O. The van der Waals surface area contributed by atoms with Crippen molar-refractivity contribution in [3.8, 4) is 0 Å². The van der Waals surface area contributed by atoms with Crippen LogP contribution in [0.3, 0.4) is 0 Å². The third-order valence-electron chi connectivity index (χ3n) is 2.72. The first-order valence-electron chi connectivity index (χ1n) is 6.11. The lowest BCUT2D eigenvalue weighted by atomic mass is 10.1. The van der Waals surface area contributed by atoms with E-state index in [1.165, 1.54) is 12.1 Å². The molecule has 1 heterocycles. The van der Waals surface area contributed by atoms with Gasteiger partial charge in [-0.05, 0) is 12.5 Å². The highest BCUT2D eigenvalue weighted by Crippen LogP contribution is 2.32. The molecule has 0 fully saturated rings. The molecule has 4 nitrogen and oxygen atoms in total. The van der Waals surface area contributed by atoms with Crippen LogP contribution >= 0.6 is 0 Å². The number of nitrogens with zero attached hydrogens (tertiary/aromatic N) is 2. The highest BCUT2D eigenvalue weighted by Gasteiger charge is 2.40. The van der Waals surface area contributed by atoms with Gasteiger partial charge in [0.1, 0.15) is 6.04 Å². The van der Waals surface area contributed by atoms with Crippen LogP contribution in [0.15, 0.2) is 34.9 Å². The first kappa shape index (κ1) is 14.5. The van der Waals surface area contributed by atoms with Crippen molar-refractivity contribution < 1.29 is 17.7 Å². The Balaban J connectivity index is 1.99. The first-order chi connectivity index (χ1) is 9.47. The minimum atomic E-state index is -4.36. The van der Waals surface area contributed by atoms with E-state index < -0.39 is 12.2 Å². The molecule has 0 spiro atoms. The molecule has 108 valence electrons. The van der Waals surface area contributed by atoms with Crippen molar-refractivity contribution in [3.63, 3.8) is 0 Å². The lowest BCUT2D eigenvalue weighted by Crippen LogP contribution is -2.35. The standard InChI is InChI=1S/C13H14F3N3O/c1-9-18-11(20-19-9)7-8-17-12(13(14,15)16)10-5-3-2-4-6-10/h2-6,12,17H,7-8H2,1H3. The zero-order chi connectivity index (χ0) is 14.6. The lowest BCUT2D eigenvalue weighted by Gasteiger charge is -2.21. The number of hydrogen-bond donors (Lipinski definition) is 1. The number of nitrogens with one attached hydrogen (secondary N) is 1. The van der Waals surface area contributed by atoms with Crippen LogP contribution in [0, 0.1) is 6.92 Å². The summed E-state index contributed by atoms with van der Waals surface area (Å²) >= 11 is 0. The molecule has 7 heteroatoms. The number of rotatable bonds is 5. The predicted molar refractivity (Wildman–Crippen MR) is 66.0 cm³/mol. The fourth-order valence-corrected chi connectivity index (χ4v) is 1.83. The molecule has 0 aliphatic rings. The molecule has 0 amide bonds. The van der Waals surface area contributed by atoms with Crippen molar-refractivity contribution in [3.05, 3.63) is 47.6 Å². The van der Waals surface area contributed by atoms with Crippen molar-refractivity contribution in [2.24, 2.45) is 0 Å². The second-order valence-corrected chi connectivity index (χ2v) is 4.32. The number of hydrogen-bond acceptors (Lipinski definition) is 4. The van der Waals surface area contributed by atoms with Crippen molar-refractivity contribution in [2.75, 3.05) is 6.54 Å². The van der Waals surface area contributed by atoms with Crippen molar-refractivity contribution in [2.45, 2.75) is 25.6 Å². The van der Waals surface area contributed by atoms with Gasteiger partial charge in [0, 0.05) is 13.0 Å². The maximum absolute atomic E-state index is 13.0. The number of alkyl halides is 3. The molecule has 1 aromatic carbocycles. The van der Waals surface area contributed by atoms with E-state index in [9.17, 15) is 13.2 Å². The molecule has 20 heavy (non-hydrogen) atoms. The molecule has 0 saturated carbocycles. The van der Waals surface area contributed by atoms with Gasteiger partial charge in [-0.15, -0.1) is 0 Å². The Kier molecular flexibility index (Phi) is 4.39. The molecule has 1 N–H and O–H groups in total. The smallest absolute Gasteiger partial charge is 0.339 e. The Hall–Kier alpha value is -1.89. The van der Waals surface area contributed by atoms with E-state index in [1.54, 1.807) is 25.1 Å². The largest absolute Gasteiger partial charge is 0.407 e. The van der Waals surface area contributed by atoms with Crippen LogP contribution in [-0.4, -0.2) is 22.9 Å². The highest BCUT2D eigenvalue weighted by molar-refractivity contribution is 5.20. The molecule has 0 bridgehead atoms. The van der Waals surface area contributed by atoms with Gasteiger partial charge in [-0.2, -0.15) is 18.2 Å². The number of benzene rings is 1. The molecule has 2 aromatic rings. The molecule has 0 saturated heterocycles.